The Balaban J connectivity index is 2.22. The van der Waals surface area contributed by atoms with E-state index in [4.69, 9.17) is 9.47 Å². The maximum absolute atomic E-state index is 12.6. The van der Waals surface area contributed by atoms with Gasteiger partial charge in [-0.1, -0.05) is 6.92 Å². The number of amides is 3. The summed E-state index contributed by atoms with van der Waals surface area (Å²) in [6, 6.07) is 5.86. The van der Waals surface area contributed by atoms with Crippen LogP contribution in [0.4, 0.5) is 9.93 Å². The lowest BCUT2D eigenvalue weighted by atomic mass is 10.2. The zero-order valence-corrected chi connectivity index (χ0v) is 16.7. The molecule has 1 aromatic carbocycles. The molecule has 0 aliphatic rings. The van der Waals surface area contributed by atoms with E-state index in [2.05, 4.69) is 15.7 Å². The molecule has 2 aromatic rings. The van der Waals surface area contributed by atoms with Crippen molar-refractivity contribution in [3.05, 3.63) is 40.9 Å². The Morgan fingerprint density at radius 1 is 1.18 bits per heavy atom. The molecule has 0 radical (unpaired) electrons. The maximum atomic E-state index is 12.6. The Morgan fingerprint density at radius 3 is 2.50 bits per heavy atom. The van der Waals surface area contributed by atoms with E-state index in [1.807, 2.05) is 6.92 Å². The van der Waals surface area contributed by atoms with E-state index in [9.17, 15) is 14.4 Å². The molecular formula is C18H22N4O5S. The molecule has 0 atom stereocenters. The molecule has 1 heterocycles. The summed E-state index contributed by atoms with van der Waals surface area (Å²) < 4.78 is 9.97. The van der Waals surface area contributed by atoms with Gasteiger partial charge in [0.05, 0.1) is 13.7 Å². The lowest BCUT2D eigenvalue weighted by Gasteiger charge is -2.21. The van der Waals surface area contributed by atoms with Crippen molar-refractivity contribution in [3.8, 4) is 5.75 Å². The Labute approximate surface area is 166 Å². The summed E-state index contributed by atoms with van der Waals surface area (Å²) in [5.74, 6) is -0.504. The van der Waals surface area contributed by atoms with Crippen molar-refractivity contribution in [2.75, 3.05) is 25.3 Å². The molecule has 0 aliphatic carbocycles. The van der Waals surface area contributed by atoms with Crippen LogP contribution in [-0.2, 0) is 4.74 Å². The number of nitrogens with zero attached hydrogens (tertiary/aromatic N) is 2. The Hall–Kier alpha value is -3.14. The summed E-state index contributed by atoms with van der Waals surface area (Å²) >= 11 is 1.04. The fraction of sp³-hybridized carbons (Fsp3) is 0.333. The first-order valence-corrected chi connectivity index (χ1v) is 9.53. The predicted octanol–water partition coefficient (Wildman–Crippen LogP) is 2.60. The van der Waals surface area contributed by atoms with Gasteiger partial charge >= 0.3 is 12.0 Å². The lowest BCUT2D eigenvalue weighted by Crippen LogP contribution is -2.51. The Morgan fingerprint density at radius 2 is 1.89 bits per heavy atom. The smallest absolute Gasteiger partial charge is 0.357 e. The number of rotatable bonds is 7. The maximum Gasteiger partial charge on any atom is 0.357 e. The molecule has 2 rings (SSSR count). The quantitative estimate of drug-likeness (QED) is 0.540. The van der Waals surface area contributed by atoms with Crippen molar-refractivity contribution in [1.29, 1.82) is 0 Å². The number of nitrogens with one attached hydrogen (secondary N) is 2. The van der Waals surface area contributed by atoms with Crippen LogP contribution in [-0.4, -0.2) is 43.2 Å². The number of aromatic nitrogens is 1. The number of benzene rings is 1. The highest BCUT2D eigenvalue weighted by molar-refractivity contribution is 7.14. The molecule has 28 heavy (non-hydrogen) atoms. The summed E-state index contributed by atoms with van der Waals surface area (Å²) in [6.45, 7) is 4.22. The lowest BCUT2D eigenvalue weighted by molar-refractivity contribution is 0.0520. The average molecular weight is 406 g/mol. The number of hydrazine groups is 1. The summed E-state index contributed by atoms with van der Waals surface area (Å²) in [5, 5.41) is 5.26. The van der Waals surface area contributed by atoms with E-state index in [1.165, 1.54) is 12.5 Å². The van der Waals surface area contributed by atoms with Crippen LogP contribution in [0.25, 0.3) is 0 Å². The van der Waals surface area contributed by atoms with E-state index in [-0.39, 0.29) is 17.4 Å². The van der Waals surface area contributed by atoms with E-state index >= 15 is 0 Å². The van der Waals surface area contributed by atoms with Gasteiger partial charge in [0, 0.05) is 17.5 Å². The van der Waals surface area contributed by atoms with Crippen molar-refractivity contribution < 1.29 is 23.9 Å². The van der Waals surface area contributed by atoms with E-state index in [1.54, 1.807) is 31.2 Å². The second-order valence-corrected chi connectivity index (χ2v) is 6.31. The fourth-order valence-corrected chi connectivity index (χ4v) is 2.82. The van der Waals surface area contributed by atoms with Crippen LogP contribution in [0.1, 0.15) is 41.1 Å². The zero-order chi connectivity index (χ0) is 20.5. The minimum Gasteiger partial charge on any atom is -0.497 e. The summed E-state index contributed by atoms with van der Waals surface area (Å²) in [6.07, 6.45) is 0.720. The van der Waals surface area contributed by atoms with Crippen LogP contribution >= 0.6 is 11.3 Å². The summed E-state index contributed by atoms with van der Waals surface area (Å²) in [4.78, 5) is 41.0. The molecular weight excluding hydrogens is 384 g/mol. The van der Waals surface area contributed by atoms with Crippen LogP contribution in [0.15, 0.2) is 29.6 Å². The minimum atomic E-state index is -0.597. The second kappa shape index (κ2) is 10.3. The number of anilines is 1. The van der Waals surface area contributed by atoms with Crippen LogP contribution in [0.5, 0.6) is 5.75 Å². The third-order valence-electron chi connectivity index (χ3n) is 3.46. The van der Waals surface area contributed by atoms with Crippen molar-refractivity contribution >= 4 is 34.4 Å². The highest BCUT2D eigenvalue weighted by atomic mass is 32.1. The zero-order valence-electron chi connectivity index (χ0n) is 15.9. The molecule has 0 fully saturated rings. The van der Waals surface area contributed by atoms with E-state index < -0.39 is 17.9 Å². The van der Waals surface area contributed by atoms with Crippen molar-refractivity contribution in [2.24, 2.45) is 0 Å². The minimum absolute atomic E-state index is 0.0637. The molecule has 0 aliphatic heterocycles. The molecule has 0 unspecified atom stereocenters. The molecule has 2 N–H and O–H groups in total. The third-order valence-corrected chi connectivity index (χ3v) is 4.29. The number of carbonyl (C=O) groups excluding carboxylic acids is 3. The molecule has 0 spiro atoms. The van der Waals surface area contributed by atoms with Crippen molar-refractivity contribution in [2.45, 2.75) is 20.3 Å². The monoisotopic (exact) mass is 406 g/mol. The molecule has 9 nitrogen and oxygen atoms in total. The van der Waals surface area contributed by atoms with Gasteiger partial charge in [-0.2, -0.15) is 5.01 Å². The van der Waals surface area contributed by atoms with Crippen LogP contribution in [0.2, 0.25) is 0 Å². The standard InChI is InChI=1S/C18H22N4O5S/c1-4-10-19-17(25)22(18-20-14(11-28-18)16(24)27-5-2)21-15(23)12-6-8-13(26-3)9-7-12/h6-9,11H,4-5,10H2,1-3H3,(H,19,25)(H,21,23). The molecule has 150 valence electrons. The highest BCUT2D eigenvalue weighted by Crippen LogP contribution is 2.20. The SMILES string of the molecule is CCCNC(=O)N(NC(=O)c1ccc(OC)cc1)c1nc(C(=O)OCC)cs1. The largest absolute Gasteiger partial charge is 0.497 e. The topological polar surface area (TPSA) is 110 Å². The third kappa shape index (κ3) is 5.43. The van der Waals surface area contributed by atoms with Crippen molar-refractivity contribution in [3.63, 3.8) is 0 Å². The summed E-state index contributed by atoms with van der Waals surface area (Å²) in [5.41, 5.74) is 2.91. The molecule has 0 bridgehead atoms. The van der Waals surface area contributed by atoms with Gasteiger partial charge in [-0.05, 0) is 37.6 Å². The summed E-state index contributed by atoms with van der Waals surface area (Å²) in [7, 11) is 1.53. The normalized spacial score (nSPS) is 10.1. The number of urea groups is 1. The number of esters is 1. The van der Waals surface area contributed by atoms with Gasteiger partial charge in [0.1, 0.15) is 5.75 Å². The van der Waals surface area contributed by atoms with Gasteiger partial charge in [0.25, 0.3) is 5.91 Å². The second-order valence-electron chi connectivity index (χ2n) is 5.47. The number of ether oxygens (including phenoxy) is 2. The van der Waals surface area contributed by atoms with Gasteiger partial charge in [0.2, 0.25) is 5.13 Å². The molecule has 0 saturated carbocycles. The Bertz CT molecular complexity index is 822. The van der Waals surface area contributed by atoms with E-state index in [0.717, 1.165) is 22.8 Å². The number of carbonyl (C=O) groups is 3. The number of thiazole rings is 1. The van der Waals surface area contributed by atoms with Gasteiger partial charge < -0.3 is 14.8 Å². The predicted molar refractivity (Wildman–Crippen MR) is 105 cm³/mol. The van der Waals surface area contributed by atoms with Gasteiger partial charge in [-0.15, -0.1) is 11.3 Å². The number of hydrogen-bond donors (Lipinski definition) is 2. The molecule has 0 saturated heterocycles. The number of methoxy groups -OCH3 is 1. The fourth-order valence-electron chi connectivity index (χ4n) is 2.07. The van der Waals surface area contributed by atoms with Gasteiger partial charge in [-0.25, -0.2) is 14.6 Å². The molecule has 1 aromatic heterocycles. The first-order chi connectivity index (χ1) is 13.5. The van der Waals surface area contributed by atoms with Crippen LogP contribution < -0.4 is 20.5 Å². The average Bonchev–Trinajstić information content (AvgIpc) is 3.20. The van der Waals surface area contributed by atoms with Gasteiger partial charge in [0.15, 0.2) is 5.69 Å². The number of hydrogen-bond acceptors (Lipinski definition) is 7. The van der Waals surface area contributed by atoms with Crippen LogP contribution in [0, 0.1) is 0 Å². The first kappa shape index (κ1) is 21.2. The molecule has 10 heteroatoms. The van der Waals surface area contributed by atoms with E-state index in [0.29, 0.717) is 17.9 Å². The first-order valence-electron chi connectivity index (χ1n) is 8.65. The van der Waals surface area contributed by atoms with Crippen molar-refractivity contribution in [1.82, 2.24) is 15.7 Å². The highest BCUT2D eigenvalue weighted by Gasteiger charge is 2.24. The van der Waals surface area contributed by atoms with Gasteiger partial charge in [-0.3, -0.25) is 10.2 Å². The van der Waals surface area contributed by atoms with Crippen LogP contribution in [0.3, 0.4) is 0 Å². The molecule has 3 amide bonds. The Kier molecular flexibility index (Phi) is 7.76.